The third kappa shape index (κ3) is 4.06. The first-order valence-corrected chi connectivity index (χ1v) is 7.74. The van der Waals surface area contributed by atoms with Gasteiger partial charge in [-0.1, -0.05) is 26.7 Å². The number of nitrogens with zero attached hydrogens (tertiary/aromatic N) is 2. The summed E-state index contributed by atoms with van der Waals surface area (Å²) in [7, 11) is 0. The van der Waals surface area contributed by atoms with Crippen molar-refractivity contribution in [2.24, 2.45) is 5.41 Å². The first kappa shape index (κ1) is 17.2. The van der Waals surface area contributed by atoms with Crippen LogP contribution in [0.4, 0.5) is 5.69 Å². The minimum absolute atomic E-state index is 0.279. The Morgan fingerprint density at radius 3 is 2.33 bits per heavy atom. The molecular weight excluding hydrogens is 330 g/mol. The fourth-order valence-corrected chi connectivity index (χ4v) is 2.77. The maximum Gasteiger partial charge on any atom is 0.244 e. The van der Waals surface area contributed by atoms with Gasteiger partial charge < -0.3 is 5.32 Å². The lowest BCUT2D eigenvalue weighted by Crippen LogP contribution is -2.35. The average molecular weight is 348 g/mol. The second kappa shape index (κ2) is 7.81. The lowest BCUT2D eigenvalue weighted by Gasteiger charge is -2.24. The highest BCUT2D eigenvalue weighted by Crippen LogP contribution is 2.32. The van der Waals surface area contributed by atoms with Crippen LogP contribution >= 0.6 is 15.9 Å². The number of carbonyl (C=O) groups is 1. The minimum atomic E-state index is -0.989. The number of carbonyl (C=O) groups excluding carboxylic acids is 1. The topological polar surface area (TPSA) is 76.7 Å². The predicted molar refractivity (Wildman–Crippen MR) is 85.3 cm³/mol. The Kier molecular flexibility index (Phi) is 6.39. The molecule has 0 aliphatic heterocycles. The molecule has 0 bridgehead atoms. The van der Waals surface area contributed by atoms with E-state index in [1.165, 1.54) is 0 Å². The highest BCUT2D eigenvalue weighted by atomic mass is 79.9. The van der Waals surface area contributed by atoms with Crippen molar-refractivity contribution in [2.75, 3.05) is 5.32 Å². The van der Waals surface area contributed by atoms with E-state index in [0.717, 1.165) is 12.8 Å². The SMILES string of the molecule is CCCC(C#N)(CCC)C(=O)Nc1ccc(C#N)cc1Br. The third-order valence-corrected chi connectivity index (χ3v) is 4.00. The fraction of sp³-hybridized carbons (Fsp3) is 0.438. The number of benzene rings is 1. The van der Waals surface area contributed by atoms with Crippen LogP contribution in [0, 0.1) is 28.1 Å². The first-order chi connectivity index (χ1) is 10.0. The summed E-state index contributed by atoms with van der Waals surface area (Å²) in [6, 6.07) is 9.18. The summed E-state index contributed by atoms with van der Waals surface area (Å²) in [4.78, 5) is 12.5. The zero-order chi connectivity index (χ0) is 15.9. The number of hydrogen-bond acceptors (Lipinski definition) is 3. The van der Waals surface area contributed by atoms with Crippen LogP contribution in [0.1, 0.15) is 45.1 Å². The van der Waals surface area contributed by atoms with Crippen molar-refractivity contribution in [3.05, 3.63) is 28.2 Å². The molecule has 0 atom stereocenters. The number of anilines is 1. The summed E-state index contributed by atoms with van der Waals surface area (Å²) < 4.78 is 0.634. The standard InChI is InChI=1S/C16H18BrN3O/c1-3-7-16(11-19,8-4-2)15(21)20-14-6-5-12(10-18)9-13(14)17/h5-6,9H,3-4,7-8H2,1-2H3,(H,20,21). The van der Waals surface area contributed by atoms with Crippen molar-refractivity contribution in [2.45, 2.75) is 39.5 Å². The second-order valence-electron chi connectivity index (χ2n) is 4.95. The van der Waals surface area contributed by atoms with E-state index in [1.54, 1.807) is 18.2 Å². The molecule has 0 unspecified atom stereocenters. The van der Waals surface area contributed by atoms with E-state index in [9.17, 15) is 10.1 Å². The molecule has 0 saturated heterocycles. The fourth-order valence-electron chi connectivity index (χ4n) is 2.30. The van der Waals surface area contributed by atoms with E-state index in [1.807, 2.05) is 19.9 Å². The molecule has 0 saturated carbocycles. The average Bonchev–Trinajstić information content (AvgIpc) is 2.48. The molecular formula is C16H18BrN3O. The van der Waals surface area contributed by atoms with Crippen molar-refractivity contribution in [1.82, 2.24) is 0 Å². The number of nitriles is 2. The number of halogens is 1. The van der Waals surface area contributed by atoms with Crippen LogP contribution in [0.2, 0.25) is 0 Å². The van der Waals surface area contributed by atoms with E-state index >= 15 is 0 Å². The highest BCUT2D eigenvalue weighted by molar-refractivity contribution is 9.10. The molecule has 0 aromatic heterocycles. The lowest BCUT2D eigenvalue weighted by molar-refractivity contribution is -0.123. The molecule has 1 N–H and O–H groups in total. The Morgan fingerprint density at radius 1 is 1.29 bits per heavy atom. The number of amides is 1. The molecule has 1 aromatic carbocycles. The van der Waals surface area contributed by atoms with Crippen molar-refractivity contribution in [1.29, 1.82) is 10.5 Å². The molecule has 0 aliphatic rings. The summed E-state index contributed by atoms with van der Waals surface area (Å²) in [6.07, 6.45) is 2.62. The first-order valence-electron chi connectivity index (χ1n) is 6.95. The van der Waals surface area contributed by atoms with Gasteiger partial charge in [-0.05, 0) is 47.0 Å². The zero-order valence-electron chi connectivity index (χ0n) is 12.2. The van der Waals surface area contributed by atoms with Gasteiger partial charge in [0.25, 0.3) is 0 Å². The van der Waals surface area contributed by atoms with Gasteiger partial charge in [-0.3, -0.25) is 4.79 Å². The van der Waals surface area contributed by atoms with E-state index < -0.39 is 5.41 Å². The van der Waals surface area contributed by atoms with Gasteiger partial charge in [-0.25, -0.2) is 0 Å². The monoisotopic (exact) mass is 347 g/mol. The second-order valence-corrected chi connectivity index (χ2v) is 5.81. The van der Waals surface area contributed by atoms with Gasteiger partial charge in [0.2, 0.25) is 5.91 Å². The van der Waals surface area contributed by atoms with E-state index in [4.69, 9.17) is 5.26 Å². The number of rotatable bonds is 6. The molecule has 0 aliphatic carbocycles. The Labute approximate surface area is 133 Å². The molecule has 0 radical (unpaired) electrons. The molecule has 1 rings (SSSR count). The molecule has 1 amide bonds. The Hall–Kier alpha value is -1.85. The van der Waals surface area contributed by atoms with Crippen molar-refractivity contribution in [3.63, 3.8) is 0 Å². The van der Waals surface area contributed by atoms with Crippen molar-refractivity contribution in [3.8, 4) is 12.1 Å². The summed E-state index contributed by atoms with van der Waals surface area (Å²) in [6.45, 7) is 3.93. The molecule has 4 nitrogen and oxygen atoms in total. The summed E-state index contributed by atoms with van der Waals surface area (Å²) in [5.41, 5.74) is 0.0935. The van der Waals surface area contributed by atoms with Crippen LogP contribution in [0.25, 0.3) is 0 Å². The Morgan fingerprint density at radius 2 is 1.90 bits per heavy atom. The van der Waals surface area contributed by atoms with Crippen LogP contribution in [-0.2, 0) is 4.79 Å². The normalized spacial score (nSPS) is 10.5. The van der Waals surface area contributed by atoms with Crippen LogP contribution in [0.3, 0.4) is 0 Å². The number of nitrogens with one attached hydrogen (secondary N) is 1. The minimum Gasteiger partial charge on any atom is -0.324 e. The quantitative estimate of drug-likeness (QED) is 0.829. The van der Waals surface area contributed by atoms with Gasteiger partial charge >= 0.3 is 0 Å². The van der Waals surface area contributed by atoms with E-state index in [2.05, 4.69) is 27.3 Å². The Bertz CT molecular complexity index is 593. The van der Waals surface area contributed by atoms with Crippen LogP contribution in [-0.4, -0.2) is 5.91 Å². The zero-order valence-corrected chi connectivity index (χ0v) is 13.8. The predicted octanol–water partition coefficient (Wildman–Crippen LogP) is 4.37. The van der Waals surface area contributed by atoms with Crippen LogP contribution < -0.4 is 5.32 Å². The van der Waals surface area contributed by atoms with Crippen LogP contribution in [0.5, 0.6) is 0 Å². The van der Waals surface area contributed by atoms with Crippen molar-refractivity contribution < 1.29 is 4.79 Å². The van der Waals surface area contributed by atoms with Gasteiger partial charge in [0.1, 0.15) is 5.41 Å². The van der Waals surface area contributed by atoms with E-state index in [-0.39, 0.29) is 5.91 Å². The van der Waals surface area contributed by atoms with Gasteiger partial charge in [0.05, 0.1) is 23.4 Å². The van der Waals surface area contributed by atoms with Gasteiger partial charge in [0.15, 0.2) is 0 Å². The molecule has 0 fully saturated rings. The lowest BCUT2D eigenvalue weighted by atomic mass is 9.79. The molecule has 0 spiro atoms. The number of hydrogen-bond donors (Lipinski definition) is 1. The Balaban J connectivity index is 3.02. The molecule has 1 aromatic rings. The van der Waals surface area contributed by atoms with E-state index in [0.29, 0.717) is 28.6 Å². The maximum atomic E-state index is 12.5. The molecule has 0 heterocycles. The van der Waals surface area contributed by atoms with Gasteiger partial charge in [0, 0.05) is 4.47 Å². The van der Waals surface area contributed by atoms with Gasteiger partial charge in [-0.2, -0.15) is 10.5 Å². The summed E-state index contributed by atoms with van der Waals surface area (Å²) >= 11 is 3.33. The molecule has 21 heavy (non-hydrogen) atoms. The summed E-state index contributed by atoms with van der Waals surface area (Å²) in [5, 5.41) is 21.1. The van der Waals surface area contributed by atoms with Crippen LogP contribution in [0.15, 0.2) is 22.7 Å². The molecule has 110 valence electrons. The van der Waals surface area contributed by atoms with Crippen molar-refractivity contribution >= 4 is 27.5 Å². The van der Waals surface area contributed by atoms with Gasteiger partial charge in [-0.15, -0.1) is 0 Å². The largest absolute Gasteiger partial charge is 0.324 e. The highest BCUT2D eigenvalue weighted by Gasteiger charge is 2.37. The molecule has 5 heteroatoms. The maximum absolute atomic E-state index is 12.5. The summed E-state index contributed by atoms with van der Waals surface area (Å²) in [5.74, 6) is -0.279. The third-order valence-electron chi connectivity index (χ3n) is 3.35. The smallest absolute Gasteiger partial charge is 0.244 e.